The monoisotopic (exact) mass is 445 g/mol. The van der Waals surface area contributed by atoms with Crippen molar-refractivity contribution in [2.24, 2.45) is 15.9 Å². The first-order chi connectivity index (χ1) is 12.6. The molecule has 0 heterocycles. The lowest BCUT2D eigenvalue weighted by Crippen LogP contribution is -2.34. The molecule has 0 bridgehead atoms. The summed E-state index contributed by atoms with van der Waals surface area (Å²) in [5.41, 5.74) is 10.8. The van der Waals surface area contributed by atoms with Crippen LogP contribution in [0.25, 0.3) is 0 Å². The predicted octanol–water partition coefficient (Wildman–Crippen LogP) is 2.08. The van der Waals surface area contributed by atoms with E-state index in [2.05, 4.69) is 15.0 Å². The van der Waals surface area contributed by atoms with Gasteiger partial charge in [0.25, 0.3) is 15.9 Å². The molecule has 8 nitrogen and oxygen atoms in total. The van der Waals surface area contributed by atoms with Gasteiger partial charge >= 0.3 is 0 Å². The molecule has 0 fully saturated rings. The topological polar surface area (TPSA) is 140 Å². The molecular weight excluding hydrogens is 433 g/mol. The SMILES string of the molecule is NC(N)=NS(=O)(=O)c1ccc(NC(=S)NC(=O)c2ccc(Cl)cc2Cl)cc1. The number of halogens is 2. The summed E-state index contributed by atoms with van der Waals surface area (Å²) in [5.74, 6) is -1.09. The van der Waals surface area contributed by atoms with Crippen LogP contribution in [0.5, 0.6) is 0 Å². The molecule has 0 atom stereocenters. The molecule has 1 amide bonds. The largest absolute Gasteiger partial charge is 0.369 e. The molecule has 27 heavy (non-hydrogen) atoms. The summed E-state index contributed by atoms with van der Waals surface area (Å²) in [5, 5.41) is 5.77. The molecule has 0 unspecified atom stereocenters. The van der Waals surface area contributed by atoms with Crippen molar-refractivity contribution in [2.45, 2.75) is 4.90 Å². The Morgan fingerprint density at radius 2 is 1.70 bits per heavy atom. The smallest absolute Gasteiger partial charge is 0.285 e. The normalized spacial score (nSPS) is 10.7. The van der Waals surface area contributed by atoms with E-state index in [9.17, 15) is 13.2 Å². The maximum absolute atomic E-state index is 12.2. The van der Waals surface area contributed by atoms with E-state index < -0.39 is 21.9 Å². The van der Waals surface area contributed by atoms with Gasteiger partial charge in [-0.25, -0.2) is 0 Å². The van der Waals surface area contributed by atoms with E-state index in [1.165, 1.54) is 42.5 Å². The minimum atomic E-state index is -3.99. The Labute approximate surface area is 170 Å². The lowest BCUT2D eigenvalue weighted by atomic mass is 10.2. The maximum atomic E-state index is 12.2. The van der Waals surface area contributed by atoms with Crippen LogP contribution in [0.2, 0.25) is 10.0 Å². The van der Waals surface area contributed by atoms with Crippen molar-refractivity contribution in [2.75, 3.05) is 5.32 Å². The molecule has 12 heteroatoms. The fraction of sp³-hybridized carbons (Fsp3) is 0. The van der Waals surface area contributed by atoms with Crippen molar-refractivity contribution < 1.29 is 13.2 Å². The molecule has 0 aliphatic carbocycles. The zero-order valence-electron chi connectivity index (χ0n) is 13.4. The van der Waals surface area contributed by atoms with Gasteiger partial charge < -0.3 is 16.8 Å². The average molecular weight is 446 g/mol. The molecule has 142 valence electrons. The van der Waals surface area contributed by atoms with Crippen LogP contribution in [0.15, 0.2) is 51.8 Å². The van der Waals surface area contributed by atoms with Gasteiger partial charge in [-0.1, -0.05) is 23.2 Å². The van der Waals surface area contributed by atoms with E-state index in [1.807, 2.05) is 0 Å². The maximum Gasteiger partial charge on any atom is 0.285 e. The minimum Gasteiger partial charge on any atom is -0.369 e. The number of rotatable bonds is 4. The van der Waals surface area contributed by atoms with Crippen molar-refractivity contribution in [3.8, 4) is 0 Å². The third-order valence-corrected chi connectivity index (χ3v) is 5.11. The molecule has 0 saturated carbocycles. The first-order valence-electron chi connectivity index (χ1n) is 7.12. The highest BCUT2D eigenvalue weighted by Gasteiger charge is 2.14. The molecule has 0 aliphatic rings. The second kappa shape index (κ2) is 8.53. The van der Waals surface area contributed by atoms with Crippen LogP contribution >= 0.6 is 35.4 Å². The Hall–Kier alpha value is -2.40. The van der Waals surface area contributed by atoms with Crippen LogP contribution < -0.4 is 22.1 Å². The number of thiocarbonyl (C=S) groups is 1. The van der Waals surface area contributed by atoms with E-state index in [0.29, 0.717) is 10.7 Å². The molecule has 6 N–H and O–H groups in total. The summed E-state index contributed by atoms with van der Waals surface area (Å²) in [6, 6.07) is 9.85. The van der Waals surface area contributed by atoms with Crippen molar-refractivity contribution in [3.05, 3.63) is 58.1 Å². The third kappa shape index (κ3) is 5.79. The van der Waals surface area contributed by atoms with Gasteiger partial charge in [-0.15, -0.1) is 4.40 Å². The summed E-state index contributed by atoms with van der Waals surface area (Å²) < 4.78 is 26.9. The molecule has 0 aliphatic heterocycles. The third-order valence-electron chi connectivity index (χ3n) is 3.04. The lowest BCUT2D eigenvalue weighted by molar-refractivity contribution is 0.0978. The Morgan fingerprint density at radius 3 is 2.26 bits per heavy atom. The highest BCUT2D eigenvalue weighted by atomic mass is 35.5. The van der Waals surface area contributed by atoms with Gasteiger partial charge in [-0.05, 0) is 54.7 Å². The molecule has 2 aromatic rings. The molecular formula is C15H13Cl2N5O3S2. The molecule has 2 rings (SSSR count). The number of guanidine groups is 1. The molecule has 0 saturated heterocycles. The Kier molecular flexibility index (Phi) is 6.60. The Balaban J connectivity index is 2.06. The Bertz CT molecular complexity index is 1020. The number of anilines is 1. The van der Waals surface area contributed by atoms with Gasteiger partial charge in [0.15, 0.2) is 5.11 Å². The van der Waals surface area contributed by atoms with Crippen LogP contribution in [0.1, 0.15) is 10.4 Å². The molecule has 0 aromatic heterocycles. The number of nitrogens with one attached hydrogen (secondary N) is 2. The van der Waals surface area contributed by atoms with Crippen molar-refractivity contribution >= 4 is 68.1 Å². The van der Waals surface area contributed by atoms with Gasteiger partial charge in [0.2, 0.25) is 5.96 Å². The van der Waals surface area contributed by atoms with Gasteiger partial charge in [0.1, 0.15) is 0 Å². The van der Waals surface area contributed by atoms with Gasteiger partial charge in [-0.3, -0.25) is 10.1 Å². The quantitative estimate of drug-likeness (QED) is 0.320. The van der Waals surface area contributed by atoms with E-state index in [0.717, 1.165) is 0 Å². The highest BCUT2D eigenvalue weighted by molar-refractivity contribution is 7.90. The van der Waals surface area contributed by atoms with Crippen LogP contribution in [0.3, 0.4) is 0 Å². The fourth-order valence-corrected chi connectivity index (χ4v) is 3.48. The zero-order chi connectivity index (χ0) is 20.2. The predicted molar refractivity (Wildman–Crippen MR) is 110 cm³/mol. The standard InChI is InChI=1S/C15H13Cl2N5O3S2/c16-8-1-6-11(12(17)7-8)13(23)21-15(26)20-9-2-4-10(5-3-9)27(24,25)22-14(18)19/h1-7H,(H4,18,19,22)(H2,20,21,23,26). The number of carbonyl (C=O) groups is 1. The van der Waals surface area contributed by atoms with Crippen LogP contribution in [0, 0.1) is 0 Å². The van der Waals surface area contributed by atoms with Gasteiger partial charge in [0.05, 0.1) is 15.5 Å². The van der Waals surface area contributed by atoms with Crippen LogP contribution in [-0.4, -0.2) is 25.4 Å². The molecule has 2 aromatic carbocycles. The van der Waals surface area contributed by atoms with E-state index in [1.54, 1.807) is 0 Å². The number of hydrogen-bond acceptors (Lipinski definition) is 4. The van der Waals surface area contributed by atoms with Gasteiger partial charge in [0, 0.05) is 10.7 Å². The summed E-state index contributed by atoms with van der Waals surface area (Å²) in [6.45, 7) is 0. The van der Waals surface area contributed by atoms with E-state index in [-0.39, 0.29) is 20.6 Å². The lowest BCUT2D eigenvalue weighted by Gasteiger charge is -2.11. The number of amides is 1. The number of benzene rings is 2. The fourth-order valence-electron chi connectivity index (χ4n) is 1.91. The van der Waals surface area contributed by atoms with Crippen LogP contribution in [-0.2, 0) is 10.0 Å². The van der Waals surface area contributed by atoms with Crippen molar-refractivity contribution in [3.63, 3.8) is 0 Å². The van der Waals surface area contributed by atoms with Crippen LogP contribution in [0.4, 0.5) is 5.69 Å². The van der Waals surface area contributed by atoms with Crippen molar-refractivity contribution in [1.82, 2.24) is 5.32 Å². The second-order valence-corrected chi connectivity index (χ2v) is 7.90. The second-order valence-electron chi connectivity index (χ2n) is 5.05. The number of hydrogen-bond donors (Lipinski definition) is 4. The van der Waals surface area contributed by atoms with E-state index in [4.69, 9.17) is 46.9 Å². The average Bonchev–Trinajstić information content (AvgIpc) is 2.53. The summed E-state index contributed by atoms with van der Waals surface area (Å²) in [4.78, 5) is 12.1. The first kappa shape index (κ1) is 20.9. The summed E-state index contributed by atoms with van der Waals surface area (Å²) in [7, 11) is -3.99. The summed E-state index contributed by atoms with van der Waals surface area (Å²) >= 11 is 16.8. The number of nitrogens with two attached hydrogens (primary N) is 2. The van der Waals surface area contributed by atoms with E-state index >= 15 is 0 Å². The summed E-state index contributed by atoms with van der Waals surface area (Å²) in [6.07, 6.45) is 0. The number of nitrogens with zero attached hydrogens (tertiary/aromatic N) is 1. The minimum absolute atomic E-state index is 0.00847. The highest BCUT2D eigenvalue weighted by Crippen LogP contribution is 2.21. The first-order valence-corrected chi connectivity index (χ1v) is 9.72. The molecule has 0 spiro atoms. The number of sulfonamides is 1. The zero-order valence-corrected chi connectivity index (χ0v) is 16.6. The van der Waals surface area contributed by atoms with Crippen molar-refractivity contribution in [1.29, 1.82) is 0 Å². The number of carbonyl (C=O) groups excluding carboxylic acids is 1. The molecule has 0 radical (unpaired) electrons. The van der Waals surface area contributed by atoms with Gasteiger partial charge in [-0.2, -0.15) is 8.42 Å². The Morgan fingerprint density at radius 1 is 1.07 bits per heavy atom.